The summed E-state index contributed by atoms with van der Waals surface area (Å²) >= 11 is 6.98. The van der Waals surface area contributed by atoms with E-state index < -0.39 is 0 Å². The zero-order valence-corrected chi connectivity index (χ0v) is 11.6. The first-order chi connectivity index (χ1) is 8.27. The second kappa shape index (κ2) is 8.37. The van der Waals surface area contributed by atoms with Crippen molar-refractivity contribution in [2.45, 2.75) is 25.7 Å². The zero-order chi connectivity index (χ0) is 12.5. The predicted octanol–water partition coefficient (Wildman–Crippen LogP) is 3.29. The third-order valence-electron chi connectivity index (χ3n) is 2.38. The summed E-state index contributed by atoms with van der Waals surface area (Å²) in [4.78, 5) is 12.4. The van der Waals surface area contributed by atoms with Gasteiger partial charge in [-0.25, -0.2) is 0 Å². The van der Waals surface area contributed by atoms with Gasteiger partial charge in [0.25, 0.3) is 5.91 Å². The van der Waals surface area contributed by atoms with Gasteiger partial charge in [0, 0.05) is 23.9 Å². The highest BCUT2D eigenvalue weighted by atomic mass is 35.5. The van der Waals surface area contributed by atoms with Crippen LogP contribution >= 0.6 is 22.9 Å². The van der Waals surface area contributed by atoms with Gasteiger partial charge in [0.05, 0.1) is 12.0 Å². The molecule has 0 aliphatic heterocycles. The first-order valence-electron chi connectivity index (χ1n) is 5.74. The lowest BCUT2D eigenvalue weighted by Crippen LogP contribution is -2.23. The summed E-state index contributed by atoms with van der Waals surface area (Å²) in [6.45, 7) is 0.724. The number of amides is 1. The number of halogens is 1. The van der Waals surface area contributed by atoms with Crippen LogP contribution < -0.4 is 10.1 Å². The fourth-order valence-electron chi connectivity index (χ4n) is 1.41. The van der Waals surface area contributed by atoms with Gasteiger partial charge in [-0.2, -0.15) is 0 Å². The molecule has 0 atom stereocenters. The van der Waals surface area contributed by atoms with E-state index in [1.807, 2.05) is 5.38 Å². The molecule has 1 N–H and O–H groups in total. The smallest absolute Gasteiger partial charge is 0.261 e. The summed E-state index contributed by atoms with van der Waals surface area (Å²) < 4.78 is 5.03. The van der Waals surface area contributed by atoms with E-state index in [4.69, 9.17) is 16.3 Å². The summed E-state index contributed by atoms with van der Waals surface area (Å²) in [6.07, 6.45) is 4.30. The van der Waals surface area contributed by atoms with Crippen LogP contribution in [0.5, 0.6) is 5.75 Å². The molecule has 0 fully saturated rings. The Balaban J connectivity index is 2.16. The van der Waals surface area contributed by atoms with Gasteiger partial charge in [-0.15, -0.1) is 22.9 Å². The number of ether oxygens (including phenoxy) is 1. The van der Waals surface area contributed by atoms with Crippen LogP contribution in [0.4, 0.5) is 0 Å². The SMILES string of the molecule is COc1csc(C(=O)NCCCCCCCl)c1. The van der Waals surface area contributed by atoms with Gasteiger partial charge in [0.15, 0.2) is 0 Å². The minimum Gasteiger partial charge on any atom is -0.496 e. The monoisotopic (exact) mass is 275 g/mol. The minimum absolute atomic E-state index is 0.0179. The molecule has 1 aromatic heterocycles. The molecule has 3 nitrogen and oxygen atoms in total. The normalized spacial score (nSPS) is 10.2. The van der Waals surface area contributed by atoms with Crippen molar-refractivity contribution in [2.75, 3.05) is 19.5 Å². The summed E-state index contributed by atoms with van der Waals surface area (Å²) in [5, 5.41) is 4.72. The van der Waals surface area contributed by atoms with Crippen molar-refractivity contribution in [3.63, 3.8) is 0 Å². The molecule has 0 aliphatic rings. The van der Waals surface area contributed by atoms with Gasteiger partial charge >= 0.3 is 0 Å². The molecule has 0 spiro atoms. The van der Waals surface area contributed by atoms with Gasteiger partial charge in [-0.05, 0) is 12.8 Å². The number of carbonyl (C=O) groups is 1. The van der Waals surface area contributed by atoms with Crippen molar-refractivity contribution in [1.82, 2.24) is 5.32 Å². The summed E-state index contributed by atoms with van der Waals surface area (Å²) in [7, 11) is 1.60. The van der Waals surface area contributed by atoms with Gasteiger partial charge in [-0.3, -0.25) is 4.79 Å². The van der Waals surface area contributed by atoms with Crippen molar-refractivity contribution >= 4 is 28.8 Å². The van der Waals surface area contributed by atoms with Crippen molar-refractivity contribution < 1.29 is 9.53 Å². The van der Waals surface area contributed by atoms with Crippen LogP contribution in [0, 0.1) is 0 Å². The lowest BCUT2D eigenvalue weighted by atomic mass is 10.2. The largest absolute Gasteiger partial charge is 0.496 e. The van der Waals surface area contributed by atoms with E-state index in [1.54, 1.807) is 13.2 Å². The van der Waals surface area contributed by atoms with Crippen LogP contribution in [0.1, 0.15) is 35.4 Å². The number of hydrogen-bond donors (Lipinski definition) is 1. The maximum Gasteiger partial charge on any atom is 0.261 e. The number of hydrogen-bond acceptors (Lipinski definition) is 3. The molecule has 0 radical (unpaired) electrons. The third kappa shape index (κ3) is 5.41. The van der Waals surface area contributed by atoms with E-state index in [1.165, 1.54) is 11.3 Å². The third-order valence-corrected chi connectivity index (χ3v) is 3.56. The van der Waals surface area contributed by atoms with Crippen molar-refractivity contribution in [2.24, 2.45) is 0 Å². The molecule has 1 heterocycles. The molecule has 0 aromatic carbocycles. The maximum absolute atomic E-state index is 11.7. The standard InChI is InChI=1S/C12H18ClNO2S/c1-16-10-8-11(17-9-10)12(15)14-7-5-3-2-4-6-13/h8-9H,2-7H2,1H3,(H,14,15). The average molecular weight is 276 g/mol. The molecule has 1 amide bonds. The Morgan fingerprint density at radius 3 is 2.82 bits per heavy atom. The number of unbranched alkanes of at least 4 members (excludes halogenated alkanes) is 3. The van der Waals surface area contributed by atoms with Gasteiger partial charge in [-0.1, -0.05) is 12.8 Å². The maximum atomic E-state index is 11.7. The predicted molar refractivity (Wildman–Crippen MR) is 72.4 cm³/mol. The molecule has 1 rings (SSSR count). The molecule has 0 saturated heterocycles. The average Bonchev–Trinajstić information content (AvgIpc) is 2.82. The van der Waals surface area contributed by atoms with Crippen LogP contribution in [-0.2, 0) is 0 Å². The van der Waals surface area contributed by atoms with E-state index in [-0.39, 0.29) is 5.91 Å². The molecule has 0 unspecified atom stereocenters. The molecule has 0 aliphatic carbocycles. The first kappa shape index (κ1) is 14.3. The van der Waals surface area contributed by atoms with E-state index >= 15 is 0 Å². The van der Waals surface area contributed by atoms with E-state index in [9.17, 15) is 4.79 Å². The number of thiophene rings is 1. The minimum atomic E-state index is -0.0179. The molecular weight excluding hydrogens is 258 g/mol. The summed E-state index contributed by atoms with van der Waals surface area (Å²) in [5.41, 5.74) is 0. The topological polar surface area (TPSA) is 38.3 Å². The van der Waals surface area contributed by atoms with Crippen LogP contribution in [0.15, 0.2) is 11.4 Å². The van der Waals surface area contributed by atoms with Crippen molar-refractivity contribution in [3.8, 4) is 5.75 Å². The van der Waals surface area contributed by atoms with E-state index in [2.05, 4.69) is 5.32 Å². The van der Waals surface area contributed by atoms with Crippen LogP contribution in [0.2, 0.25) is 0 Å². The first-order valence-corrected chi connectivity index (χ1v) is 7.16. The second-order valence-electron chi connectivity index (χ2n) is 3.71. The lowest BCUT2D eigenvalue weighted by Gasteiger charge is -2.02. The van der Waals surface area contributed by atoms with Crippen LogP contribution in [0.3, 0.4) is 0 Å². The van der Waals surface area contributed by atoms with Gasteiger partial charge in [0.1, 0.15) is 5.75 Å². The Bertz CT molecular complexity index is 341. The molecule has 0 saturated carbocycles. The van der Waals surface area contributed by atoms with E-state index in [0.29, 0.717) is 4.88 Å². The molecule has 5 heteroatoms. The fraction of sp³-hybridized carbons (Fsp3) is 0.583. The Morgan fingerprint density at radius 1 is 1.41 bits per heavy atom. The highest BCUT2D eigenvalue weighted by molar-refractivity contribution is 7.12. The van der Waals surface area contributed by atoms with Crippen LogP contribution in [0.25, 0.3) is 0 Å². The molecule has 1 aromatic rings. The van der Waals surface area contributed by atoms with Crippen molar-refractivity contribution in [1.29, 1.82) is 0 Å². The van der Waals surface area contributed by atoms with Gasteiger partial charge in [0.2, 0.25) is 0 Å². The quantitative estimate of drug-likeness (QED) is 0.584. The highest BCUT2D eigenvalue weighted by Gasteiger charge is 2.08. The number of carbonyl (C=O) groups excluding carboxylic acids is 1. The number of methoxy groups -OCH3 is 1. The van der Waals surface area contributed by atoms with Gasteiger partial charge < -0.3 is 10.1 Å². The number of nitrogens with one attached hydrogen (secondary N) is 1. The Kier molecular flexibility index (Phi) is 7.05. The summed E-state index contributed by atoms with van der Waals surface area (Å²) in [6, 6.07) is 1.76. The van der Waals surface area contributed by atoms with E-state index in [0.717, 1.165) is 43.9 Å². The molecule has 17 heavy (non-hydrogen) atoms. The Labute approximate surface area is 111 Å². The fourth-order valence-corrected chi connectivity index (χ4v) is 2.37. The van der Waals surface area contributed by atoms with Crippen LogP contribution in [-0.4, -0.2) is 25.4 Å². The van der Waals surface area contributed by atoms with Crippen molar-refractivity contribution in [3.05, 3.63) is 16.3 Å². The molecule has 96 valence electrons. The molecule has 0 bridgehead atoms. The highest BCUT2D eigenvalue weighted by Crippen LogP contribution is 2.20. The summed E-state index contributed by atoms with van der Waals surface area (Å²) in [5.74, 6) is 1.44. The Hall–Kier alpha value is -0.740. The Morgan fingerprint density at radius 2 is 2.18 bits per heavy atom. The molecular formula is C12H18ClNO2S. The number of alkyl halides is 1. The lowest BCUT2D eigenvalue weighted by molar-refractivity contribution is 0.0957. The number of rotatable bonds is 8. The zero-order valence-electron chi connectivity index (χ0n) is 10.0. The second-order valence-corrected chi connectivity index (χ2v) is 5.00.